The quantitative estimate of drug-likeness (QED) is 0.929. The van der Waals surface area contributed by atoms with Crippen LogP contribution in [0.4, 0.5) is 0 Å². The van der Waals surface area contributed by atoms with Crippen molar-refractivity contribution in [3.8, 4) is 5.75 Å². The van der Waals surface area contributed by atoms with Gasteiger partial charge in [-0.3, -0.25) is 0 Å². The second-order valence-electron chi connectivity index (χ2n) is 5.79. The van der Waals surface area contributed by atoms with Gasteiger partial charge in [-0.15, -0.1) is 0 Å². The molecule has 0 amide bonds. The lowest BCUT2D eigenvalue weighted by molar-refractivity contribution is -0.152. The highest BCUT2D eigenvalue weighted by atomic mass is 16.5. The standard InChI is InChI=1S/C16H18O4/c1-16(2,15(17)18)20-10-7-8-12-11-5-3-4-6-13(11)19-14(12)9-10/h7-9H,3-6H2,1-2H3,(H,17,18). The molecule has 0 atom stereocenters. The molecule has 0 aliphatic heterocycles. The number of aliphatic carboxylic acids is 1. The fourth-order valence-corrected chi connectivity index (χ4v) is 2.65. The van der Waals surface area contributed by atoms with Gasteiger partial charge in [0.2, 0.25) is 0 Å². The topological polar surface area (TPSA) is 59.7 Å². The number of furan rings is 1. The van der Waals surface area contributed by atoms with E-state index in [4.69, 9.17) is 14.3 Å². The molecule has 2 aromatic rings. The Hall–Kier alpha value is -1.97. The Morgan fingerprint density at radius 3 is 2.80 bits per heavy atom. The summed E-state index contributed by atoms with van der Waals surface area (Å²) in [5.74, 6) is 0.605. The summed E-state index contributed by atoms with van der Waals surface area (Å²) in [7, 11) is 0. The van der Waals surface area contributed by atoms with E-state index in [9.17, 15) is 4.79 Å². The molecule has 0 spiro atoms. The van der Waals surface area contributed by atoms with Crippen molar-refractivity contribution < 1.29 is 19.1 Å². The molecule has 0 radical (unpaired) electrons. The minimum absolute atomic E-state index is 0.524. The number of benzene rings is 1. The molecule has 1 aromatic heterocycles. The van der Waals surface area contributed by atoms with Gasteiger partial charge >= 0.3 is 5.97 Å². The molecule has 0 saturated heterocycles. The molecule has 3 rings (SSSR count). The SMILES string of the molecule is CC(C)(Oc1ccc2c3c(oc2c1)CCCC3)C(=O)O. The monoisotopic (exact) mass is 274 g/mol. The van der Waals surface area contributed by atoms with Crippen molar-refractivity contribution in [2.45, 2.75) is 45.1 Å². The molecule has 4 heteroatoms. The predicted octanol–water partition coefficient (Wildman–Crippen LogP) is 3.55. The van der Waals surface area contributed by atoms with Crippen molar-refractivity contribution in [1.82, 2.24) is 0 Å². The Kier molecular flexibility index (Phi) is 2.96. The van der Waals surface area contributed by atoms with E-state index >= 15 is 0 Å². The normalized spacial score (nSPS) is 15.1. The van der Waals surface area contributed by atoms with Crippen LogP contribution in [0.5, 0.6) is 5.75 Å². The molecular formula is C16H18O4. The van der Waals surface area contributed by atoms with Gasteiger partial charge in [0, 0.05) is 23.4 Å². The predicted molar refractivity (Wildman–Crippen MR) is 75.2 cm³/mol. The summed E-state index contributed by atoms with van der Waals surface area (Å²) in [6.45, 7) is 3.07. The van der Waals surface area contributed by atoms with Crippen LogP contribution in [-0.2, 0) is 17.6 Å². The van der Waals surface area contributed by atoms with E-state index in [1.54, 1.807) is 6.07 Å². The van der Waals surface area contributed by atoms with E-state index < -0.39 is 11.6 Å². The van der Waals surface area contributed by atoms with Gasteiger partial charge in [-0.25, -0.2) is 4.79 Å². The number of carbonyl (C=O) groups is 1. The van der Waals surface area contributed by atoms with Crippen LogP contribution in [0.1, 0.15) is 38.0 Å². The first-order chi connectivity index (χ1) is 9.47. The van der Waals surface area contributed by atoms with E-state index in [0.717, 1.165) is 29.6 Å². The number of hydrogen-bond donors (Lipinski definition) is 1. The molecule has 0 fully saturated rings. The lowest BCUT2D eigenvalue weighted by atomic mass is 9.96. The van der Waals surface area contributed by atoms with Crippen LogP contribution < -0.4 is 4.74 Å². The number of carboxylic acid groups (broad SMARTS) is 1. The number of ether oxygens (including phenoxy) is 1. The van der Waals surface area contributed by atoms with Crippen molar-refractivity contribution in [2.75, 3.05) is 0 Å². The maximum absolute atomic E-state index is 11.1. The maximum atomic E-state index is 11.1. The first kappa shape index (κ1) is 13.0. The van der Waals surface area contributed by atoms with Crippen LogP contribution in [0.3, 0.4) is 0 Å². The van der Waals surface area contributed by atoms with Crippen molar-refractivity contribution in [1.29, 1.82) is 0 Å². The van der Waals surface area contributed by atoms with E-state index in [-0.39, 0.29) is 0 Å². The Balaban J connectivity index is 1.97. The summed E-state index contributed by atoms with van der Waals surface area (Å²) in [5.41, 5.74) is 0.839. The van der Waals surface area contributed by atoms with Gasteiger partial charge in [-0.1, -0.05) is 0 Å². The zero-order valence-corrected chi connectivity index (χ0v) is 11.7. The molecule has 1 aliphatic rings. The van der Waals surface area contributed by atoms with Gasteiger partial charge in [0.25, 0.3) is 0 Å². The number of fused-ring (bicyclic) bond motifs is 3. The second-order valence-corrected chi connectivity index (χ2v) is 5.79. The molecule has 106 valence electrons. The molecule has 1 heterocycles. The third-order valence-electron chi connectivity index (χ3n) is 3.82. The highest BCUT2D eigenvalue weighted by Crippen LogP contribution is 2.34. The Bertz CT molecular complexity index is 666. The van der Waals surface area contributed by atoms with E-state index in [2.05, 4.69) is 0 Å². The maximum Gasteiger partial charge on any atom is 0.347 e. The minimum atomic E-state index is -1.25. The van der Waals surface area contributed by atoms with Gasteiger partial charge in [-0.2, -0.15) is 0 Å². The fraction of sp³-hybridized carbons (Fsp3) is 0.438. The summed E-state index contributed by atoms with van der Waals surface area (Å²) >= 11 is 0. The first-order valence-corrected chi connectivity index (χ1v) is 6.94. The van der Waals surface area contributed by atoms with Gasteiger partial charge < -0.3 is 14.3 Å². The molecule has 0 bridgehead atoms. The summed E-state index contributed by atoms with van der Waals surface area (Å²) in [6.07, 6.45) is 4.41. The molecule has 0 unspecified atom stereocenters. The zero-order valence-electron chi connectivity index (χ0n) is 11.7. The lowest BCUT2D eigenvalue weighted by Crippen LogP contribution is -2.37. The highest BCUT2D eigenvalue weighted by Gasteiger charge is 2.29. The number of hydrogen-bond acceptors (Lipinski definition) is 3. The molecule has 4 nitrogen and oxygen atoms in total. The van der Waals surface area contributed by atoms with Gasteiger partial charge in [-0.05, 0) is 45.2 Å². The van der Waals surface area contributed by atoms with Crippen LogP contribution in [0.2, 0.25) is 0 Å². The van der Waals surface area contributed by atoms with Crippen molar-refractivity contribution in [3.05, 3.63) is 29.5 Å². The first-order valence-electron chi connectivity index (χ1n) is 6.94. The van der Waals surface area contributed by atoms with Crippen LogP contribution >= 0.6 is 0 Å². The van der Waals surface area contributed by atoms with Crippen LogP contribution in [0, 0.1) is 0 Å². The number of aryl methyl sites for hydroxylation is 2. The lowest BCUT2D eigenvalue weighted by Gasteiger charge is -2.21. The average Bonchev–Trinajstić information content (AvgIpc) is 2.75. The molecule has 1 aromatic carbocycles. The number of carboxylic acids is 1. The average molecular weight is 274 g/mol. The van der Waals surface area contributed by atoms with E-state index in [0.29, 0.717) is 5.75 Å². The van der Waals surface area contributed by atoms with Crippen molar-refractivity contribution in [2.24, 2.45) is 0 Å². The molecule has 0 saturated carbocycles. The Morgan fingerprint density at radius 1 is 1.30 bits per heavy atom. The summed E-state index contributed by atoms with van der Waals surface area (Å²) < 4.78 is 11.4. The summed E-state index contributed by atoms with van der Waals surface area (Å²) in [4.78, 5) is 11.1. The second kappa shape index (κ2) is 4.54. The Labute approximate surface area is 117 Å². The zero-order chi connectivity index (χ0) is 14.3. The molecule has 1 N–H and O–H groups in total. The van der Waals surface area contributed by atoms with Crippen molar-refractivity contribution in [3.63, 3.8) is 0 Å². The third kappa shape index (κ3) is 2.15. The molecular weight excluding hydrogens is 256 g/mol. The smallest absolute Gasteiger partial charge is 0.347 e. The van der Waals surface area contributed by atoms with Crippen molar-refractivity contribution >= 4 is 16.9 Å². The van der Waals surface area contributed by atoms with E-state index in [1.807, 2.05) is 12.1 Å². The number of rotatable bonds is 3. The van der Waals surface area contributed by atoms with Gasteiger partial charge in [0.05, 0.1) is 0 Å². The van der Waals surface area contributed by atoms with Gasteiger partial charge in [0.1, 0.15) is 17.1 Å². The Morgan fingerprint density at radius 2 is 2.05 bits per heavy atom. The van der Waals surface area contributed by atoms with Gasteiger partial charge in [0.15, 0.2) is 5.60 Å². The fourth-order valence-electron chi connectivity index (χ4n) is 2.65. The highest BCUT2D eigenvalue weighted by molar-refractivity contribution is 5.84. The van der Waals surface area contributed by atoms with E-state index in [1.165, 1.54) is 32.3 Å². The molecule has 1 aliphatic carbocycles. The molecule has 20 heavy (non-hydrogen) atoms. The van der Waals surface area contributed by atoms with Crippen LogP contribution in [0.25, 0.3) is 11.0 Å². The third-order valence-corrected chi connectivity index (χ3v) is 3.82. The van der Waals surface area contributed by atoms with Crippen LogP contribution in [-0.4, -0.2) is 16.7 Å². The largest absolute Gasteiger partial charge is 0.478 e. The summed E-state index contributed by atoms with van der Waals surface area (Å²) in [5, 5.41) is 10.2. The minimum Gasteiger partial charge on any atom is -0.478 e. The summed E-state index contributed by atoms with van der Waals surface area (Å²) in [6, 6.07) is 5.58. The van der Waals surface area contributed by atoms with Crippen LogP contribution in [0.15, 0.2) is 22.6 Å².